The molecule has 0 spiro atoms. The molecule has 11 heavy (non-hydrogen) atoms. The first kappa shape index (κ1) is 14.0. The van der Waals surface area contributed by atoms with Gasteiger partial charge in [-0.15, -0.1) is 0 Å². The van der Waals surface area contributed by atoms with E-state index >= 15 is 0 Å². The minimum atomic E-state index is -4.64. The highest BCUT2D eigenvalue weighted by Gasteiger charge is 2.00. The van der Waals surface area contributed by atoms with Crippen LogP contribution in [0, 0.1) is 0 Å². The molecule has 0 saturated heterocycles. The largest absolute Gasteiger partial charge is 0.466 e. The molecule has 0 saturated carbocycles. The van der Waals surface area contributed by atoms with E-state index in [-0.39, 0.29) is 0 Å². The predicted octanol–water partition coefficient (Wildman–Crippen LogP) is -0.275. The van der Waals surface area contributed by atoms with Crippen LogP contribution in [0.15, 0.2) is 0 Å². The maximum absolute atomic E-state index is 8.88. The Kier molecular flexibility index (Phi) is 9.01. The Labute approximate surface area is 71.3 Å². The Hall–Kier alpha value is 0.420. The van der Waals surface area contributed by atoms with Crippen molar-refractivity contribution in [3.05, 3.63) is 0 Å². The summed E-state index contributed by atoms with van der Waals surface area (Å²) in [5.74, 6) is 0. The van der Waals surface area contributed by atoms with Gasteiger partial charge in [0.2, 0.25) is 0 Å². The van der Waals surface area contributed by atoms with Crippen LogP contribution in [0.2, 0.25) is 0 Å². The van der Waals surface area contributed by atoms with Gasteiger partial charge in [-0.05, 0) is 6.42 Å². The first-order valence-electron chi connectivity index (χ1n) is 2.97. The molecule has 0 aliphatic rings. The van der Waals surface area contributed by atoms with E-state index in [1.54, 1.807) is 0 Å². The maximum Gasteiger partial charge on any atom is 0.466 e. The molecule has 0 aromatic carbocycles. The second-order valence-electron chi connectivity index (χ2n) is 1.81. The van der Waals surface area contributed by atoms with Crippen LogP contribution < -0.4 is 5.73 Å². The quantitative estimate of drug-likeness (QED) is 0.314. The van der Waals surface area contributed by atoms with Crippen LogP contribution in [-0.4, -0.2) is 26.5 Å². The molecule has 0 amide bonds. The van der Waals surface area contributed by atoms with Gasteiger partial charge in [0.05, 0.1) is 0 Å². The zero-order chi connectivity index (χ0) is 9.49. The van der Waals surface area contributed by atoms with Crippen molar-refractivity contribution in [3.8, 4) is 0 Å². The Morgan fingerprint density at radius 2 is 1.82 bits per heavy atom. The molecule has 0 aliphatic heterocycles. The van der Waals surface area contributed by atoms with Gasteiger partial charge < -0.3 is 20.4 Å². The van der Waals surface area contributed by atoms with Gasteiger partial charge in [0.25, 0.3) is 0 Å². The number of nitrogens with two attached hydrogens (primary N) is 1. The molecule has 0 fully saturated rings. The molecule has 5 nitrogen and oxygen atoms in total. The molecule has 1 atom stereocenters. The first-order valence-corrected chi connectivity index (χ1v) is 5.05. The second kappa shape index (κ2) is 7.09. The van der Waals surface area contributed by atoms with Crippen molar-refractivity contribution >= 4 is 20.5 Å². The Balaban J connectivity index is 0. The van der Waals surface area contributed by atoms with Crippen LogP contribution >= 0.6 is 20.5 Å². The van der Waals surface area contributed by atoms with Crippen LogP contribution in [-0.2, 0) is 4.57 Å². The number of phosphoric acid groups is 1. The Morgan fingerprint density at radius 3 is 1.82 bits per heavy atom. The summed E-state index contributed by atoms with van der Waals surface area (Å²) in [5.41, 5.74) is 5.21. The molecule has 7 heteroatoms. The summed E-state index contributed by atoms with van der Waals surface area (Å²) in [7, 11) is -4.64. The molecule has 0 radical (unpaired) electrons. The minimum absolute atomic E-state index is 0.407. The zero-order valence-corrected chi connectivity index (χ0v) is 8.00. The van der Waals surface area contributed by atoms with E-state index in [4.69, 9.17) is 25.0 Å². The van der Waals surface area contributed by atoms with Crippen molar-refractivity contribution in [1.29, 1.82) is 0 Å². The molecule has 0 aliphatic carbocycles. The van der Waals surface area contributed by atoms with Crippen molar-refractivity contribution in [2.45, 2.75) is 18.6 Å². The van der Waals surface area contributed by atoms with E-state index in [9.17, 15) is 0 Å². The van der Waals surface area contributed by atoms with E-state index < -0.39 is 7.82 Å². The Bertz CT molecular complexity index is 115. The fourth-order valence-electron chi connectivity index (χ4n) is 0.167. The third kappa shape index (κ3) is 37.8. The van der Waals surface area contributed by atoms with Gasteiger partial charge in [0.1, 0.15) is 0 Å². The average molecular weight is 203 g/mol. The predicted molar refractivity (Wildman–Crippen MR) is 46.4 cm³/mol. The van der Waals surface area contributed by atoms with E-state index in [2.05, 4.69) is 19.6 Å². The van der Waals surface area contributed by atoms with Crippen molar-refractivity contribution in [2.24, 2.45) is 5.73 Å². The van der Waals surface area contributed by atoms with Gasteiger partial charge >= 0.3 is 7.82 Å². The lowest BCUT2D eigenvalue weighted by molar-refractivity contribution is 0.275. The molecule has 70 valence electrons. The third-order valence-electron chi connectivity index (χ3n) is 0.743. The summed E-state index contributed by atoms with van der Waals surface area (Å²) in [6.07, 6.45) is 1.07. The first-order chi connectivity index (χ1) is 4.81. The van der Waals surface area contributed by atoms with Gasteiger partial charge in [0, 0.05) is 11.8 Å². The number of rotatable bonds is 2. The molecule has 0 heterocycles. The molecule has 0 rings (SSSR count). The van der Waals surface area contributed by atoms with Gasteiger partial charge in [-0.1, -0.05) is 6.92 Å². The fraction of sp³-hybridized carbons (Fsp3) is 1.00. The molecule has 0 aromatic rings. The van der Waals surface area contributed by atoms with Crippen LogP contribution in [0.4, 0.5) is 0 Å². The van der Waals surface area contributed by atoms with E-state index in [0.717, 1.165) is 6.42 Å². The molecule has 0 bridgehead atoms. The molecular formula is C4H14NO4PS. The van der Waals surface area contributed by atoms with Crippen molar-refractivity contribution in [2.75, 3.05) is 6.54 Å². The van der Waals surface area contributed by atoms with Crippen molar-refractivity contribution < 1.29 is 19.2 Å². The van der Waals surface area contributed by atoms with Gasteiger partial charge in [0.15, 0.2) is 0 Å². The molecular weight excluding hydrogens is 189 g/mol. The number of thiol groups is 1. The molecule has 0 aromatic heterocycles. The van der Waals surface area contributed by atoms with Crippen LogP contribution in [0.5, 0.6) is 0 Å². The summed E-state index contributed by atoms with van der Waals surface area (Å²) in [6.45, 7) is 2.77. The topological polar surface area (TPSA) is 104 Å². The van der Waals surface area contributed by atoms with Crippen molar-refractivity contribution in [3.63, 3.8) is 0 Å². The van der Waals surface area contributed by atoms with Gasteiger partial charge in [-0.25, -0.2) is 4.57 Å². The maximum atomic E-state index is 8.88. The van der Waals surface area contributed by atoms with Crippen LogP contribution in [0.25, 0.3) is 0 Å². The molecule has 1 unspecified atom stereocenters. The van der Waals surface area contributed by atoms with Crippen LogP contribution in [0.1, 0.15) is 13.3 Å². The Morgan fingerprint density at radius 1 is 1.55 bits per heavy atom. The monoisotopic (exact) mass is 203 g/mol. The second-order valence-corrected chi connectivity index (χ2v) is 3.57. The smallest absolute Gasteiger partial charge is 0.329 e. The van der Waals surface area contributed by atoms with E-state index in [1.807, 2.05) is 0 Å². The minimum Gasteiger partial charge on any atom is -0.329 e. The fourth-order valence-corrected chi connectivity index (χ4v) is 0.167. The SMILES string of the molecule is CCC(S)CN.O=P(O)(O)O. The van der Waals surface area contributed by atoms with E-state index in [1.165, 1.54) is 0 Å². The highest BCUT2D eigenvalue weighted by atomic mass is 32.1. The lowest BCUT2D eigenvalue weighted by Gasteiger charge is -1.98. The number of hydrogen-bond acceptors (Lipinski definition) is 3. The van der Waals surface area contributed by atoms with Crippen molar-refractivity contribution in [1.82, 2.24) is 0 Å². The third-order valence-corrected chi connectivity index (χ3v) is 1.32. The van der Waals surface area contributed by atoms with E-state index in [0.29, 0.717) is 11.8 Å². The number of hydrogen-bond donors (Lipinski definition) is 5. The highest BCUT2D eigenvalue weighted by molar-refractivity contribution is 7.81. The normalized spacial score (nSPS) is 13.3. The lowest BCUT2D eigenvalue weighted by atomic mass is 10.3. The summed E-state index contributed by atoms with van der Waals surface area (Å²) in [4.78, 5) is 21.6. The zero-order valence-electron chi connectivity index (χ0n) is 6.21. The average Bonchev–Trinajstić information content (AvgIpc) is 1.83. The molecule has 5 N–H and O–H groups in total. The summed E-state index contributed by atoms with van der Waals surface area (Å²) in [5, 5.41) is 0.407. The lowest BCUT2D eigenvalue weighted by Crippen LogP contribution is -2.12. The summed E-state index contributed by atoms with van der Waals surface area (Å²) >= 11 is 4.10. The highest BCUT2D eigenvalue weighted by Crippen LogP contribution is 2.25. The van der Waals surface area contributed by atoms with Crippen LogP contribution in [0.3, 0.4) is 0 Å². The van der Waals surface area contributed by atoms with Gasteiger partial charge in [-0.3, -0.25) is 0 Å². The standard InChI is InChI=1S/C4H11NS.H3O4P/c1-2-4(6)3-5;1-5(2,3)4/h4,6H,2-3,5H2,1H3;(H3,1,2,3,4). The summed E-state index contributed by atoms with van der Waals surface area (Å²) < 4.78 is 8.88. The summed E-state index contributed by atoms with van der Waals surface area (Å²) in [6, 6.07) is 0. The van der Waals surface area contributed by atoms with Gasteiger partial charge in [-0.2, -0.15) is 12.6 Å².